The zero-order valence-corrected chi connectivity index (χ0v) is 28.4. The lowest BCUT2D eigenvalue weighted by Gasteiger charge is -2.69. The first-order valence-electron chi connectivity index (χ1n) is 16.3. The smallest absolute Gasteiger partial charge is 0.408 e. The lowest BCUT2D eigenvalue weighted by atomic mass is 9.34. The number of hydrogen-bond acceptors (Lipinski definition) is 6. The minimum Gasteiger partial charge on any atom is -0.521 e. The van der Waals surface area contributed by atoms with Gasteiger partial charge in [-0.25, -0.2) is 9.64 Å². The van der Waals surface area contributed by atoms with Gasteiger partial charge in [-0.05, 0) is 119 Å². The van der Waals surface area contributed by atoms with E-state index in [1.165, 1.54) is 7.11 Å². The second-order valence-electron chi connectivity index (χ2n) is 17.2. The maximum atomic E-state index is 14.6. The number of fused-ring (bicyclic) bond motifs is 7. The number of alkyl carbamates (subject to hydrolysis) is 1. The van der Waals surface area contributed by atoms with E-state index in [0.717, 1.165) is 37.7 Å². The number of ether oxygens (including phenoxy) is 2. The Morgan fingerprint density at radius 1 is 1.05 bits per heavy atom. The molecule has 0 heterocycles. The summed E-state index contributed by atoms with van der Waals surface area (Å²) in [6.07, 6.45) is 6.80. The van der Waals surface area contributed by atoms with Gasteiger partial charge in [-0.2, -0.15) is 0 Å². The quantitative estimate of drug-likeness (QED) is 0.246. The molecule has 0 aromatic rings. The number of allylic oxidation sites excluding steroid dienone is 3. The second-order valence-corrected chi connectivity index (χ2v) is 17.2. The molecule has 0 aromatic heterocycles. The number of carbonyl (C=O) groups is 3. The van der Waals surface area contributed by atoms with Crippen LogP contribution in [-0.2, 0) is 19.1 Å². The van der Waals surface area contributed by atoms with Crippen LogP contribution < -0.4 is 5.32 Å². The maximum Gasteiger partial charge on any atom is 0.408 e. The van der Waals surface area contributed by atoms with Crippen LogP contribution in [0.2, 0.25) is 0 Å². The number of nitrogens with zero attached hydrogens (tertiary/aromatic N) is 1. The van der Waals surface area contributed by atoms with E-state index >= 15 is 0 Å². The molecule has 5 rings (SSSR count). The molecule has 0 unspecified atom stereocenters. The Morgan fingerprint density at radius 2 is 1.68 bits per heavy atom. The molecule has 8 nitrogen and oxygen atoms in total. The van der Waals surface area contributed by atoms with Gasteiger partial charge in [-0.3, -0.25) is 9.59 Å². The minimum atomic E-state index is -1.25. The number of ketones is 1. The van der Waals surface area contributed by atoms with Gasteiger partial charge in [0, 0.05) is 5.92 Å². The number of aliphatic hydroxyl groups is 1. The van der Waals surface area contributed by atoms with Crippen LogP contribution in [0, 0.1) is 51.4 Å². The van der Waals surface area contributed by atoms with Gasteiger partial charge in [0.1, 0.15) is 11.4 Å². The number of aliphatic hydroxyl groups excluding tert-OH is 1. The van der Waals surface area contributed by atoms with Crippen molar-refractivity contribution in [1.82, 2.24) is 5.32 Å². The van der Waals surface area contributed by atoms with Crippen LogP contribution in [0.3, 0.4) is 0 Å². The number of rotatable bonds is 2. The number of hydrogen-bond donors (Lipinski definition) is 2. The summed E-state index contributed by atoms with van der Waals surface area (Å²) in [6, 6.07) is 0. The van der Waals surface area contributed by atoms with Gasteiger partial charge in [0.25, 0.3) is 0 Å². The fourth-order valence-corrected chi connectivity index (χ4v) is 10.8. The van der Waals surface area contributed by atoms with Gasteiger partial charge in [-0.15, -0.1) is 0 Å². The van der Waals surface area contributed by atoms with E-state index in [0.29, 0.717) is 12.8 Å². The van der Waals surface area contributed by atoms with Gasteiger partial charge in [0.05, 0.1) is 24.6 Å². The molecule has 2 N–H and O–H groups in total. The molecule has 0 aromatic carbocycles. The highest BCUT2D eigenvalue weighted by Gasteiger charge is 2.71. The minimum absolute atomic E-state index is 0.0145. The van der Waals surface area contributed by atoms with E-state index in [9.17, 15) is 19.5 Å². The van der Waals surface area contributed by atoms with Gasteiger partial charge in [0.2, 0.25) is 5.70 Å². The Bertz CT molecular complexity index is 1400. The number of nitrogens with one attached hydrogen (secondary N) is 1. The molecule has 3 fully saturated rings. The van der Waals surface area contributed by atoms with Crippen LogP contribution in [0.5, 0.6) is 0 Å². The monoisotopic (exact) mass is 608 g/mol. The predicted octanol–water partition coefficient (Wildman–Crippen LogP) is 7.70. The topological polar surface area (TPSA) is 106 Å². The van der Waals surface area contributed by atoms with E-state index < -0.39 is 33.5 Å². The number of methoxy groups -OCH3 is 1. The molecule has 0 aliphatic heterocycles. The van der Waals surface area contributed by atoms with Crippen molar-refractivity contribution in [3.8, 4) is 0 Å². The fourth-order valence-electron chi connectivity index (χ4n) is 10.8. The largest absolute Gasteiger partial charge is 0.521 e. The molecule has 8 heteroatoms. The summed E-state index contributed by atoms with van der Waals surface area (Å²) in [5.41, 5.74) is -2.87. The van der Waals surface area contributed by atoms with Crippen molar-refractivity contribution in [2.45, 2.75) is 125 Å². The Labute approximate surface area is 263 Å². The van der Waals surface area contributed by atoms with Crippen LogP contribution in [0.15, 0.2) is 23.1 Å². The van der Waals surface area contributed by atoms with E-state index in [4.69, 9.17) is 16.0 Å². The van der Waals surface area contributed by atoms with E-state index in [2.05, 4.69) is 44.8 Å². The van der Waals surface area contributed by atoms with Crippen molar-refractivity contribution in [2.24, 2.45) is 44.8 Å². The summed E-state index contributed by atoms with van der Waals surface area (Å²) in [4.78, 5) is 45.0. The standard InChI is InChI=1S/C36H52N2O6/c1-30(2,3)44-29(42)38-35(9)24-12-13-33(7)25(32(24,6)20-22(37-10)27(35)40)18-23(39)26-21-19-31(4,5)14-16-36(21,28(41)43-11)17-15-34(26,33)8/h18,21,24,26,40H,12-17,19-20H2,1-9,11H3,(H,38,42)/t21-,24+,26-,32-,33+,34+,35-,36-/m0/s1. The first kappa shape index (κ1) is 32.6. The zero-order chi connectivity index (χ0) is 32.9. The summed E-state index contributed by atoms with van der Waals surface area (Å²) in [5.74, 6) is -0.946. The number of amides is 1. The molecule has 0 radical (unpaired) electrons. The van der Waals surface area contributed by atoms with Crippen molar-refractivity contribution in [3.05, 3.63) is 34.5 Å². The van der Waals surface area contributed by atoms with Crippen molar-refractivity contribution >= 4 is 17.8 Å². The van der Waals surface area contributed by atoms with E-state index in [-0.39, 0.29) is 58.2 Å². The number of esters is 1. The molecule has 3 saturated carbocycles. The molecule has 5 aliphatic rings. The third kappa shape index (κ3) is 4.38. The average Bonchev–Trinajstić information content (AvgIpc) is 2.90. The molecular formula is C36H52N2O6. The van der Waals surface area contributed by atoms with Gasteiger partial charge in [-0.1, -0.05) is 40.2 Å². The third-order valence-corrected chi connectivity index (χ3v) is 13.2. The van der Waals surface area contributed by atoms with Crippen molar-refractivity contribution < 1.29 is 29.0 Å². The highest BCUT2D eigenvalue weighted by molar-refractivity contribution is 5.96. The van der Waals surface area contributed by atoms with Crippen LogP contribution >= 0.6 is 0 Å². The normalized spacial score (nSPS) is 42.8. The van der Waals surface area contributed by atoms with E-state index in [1.54, 1.807) is 27.7 Å². The Kier molecular flexibility index (Phi) is 7.28. The lowest BCUT2D eigenvalue weighted by molar-refractivity contribution is -0.191. The summed E-state index contributed by atoms with van der Waals surface area (Å²) in [6.45, 7) is 26.3. The van der Waals surface area contributed by atoms with Crippen LogP contribution in [0.25, 0.3) is 4.85 Å². The molecular weight excluding hydrogens is 556 g/mol. The van der Waals surface area contributed by atoms with E-state index in [1.807, 2.05) is 6.08 Å². The zero-order valence-electron chi connectivity index (χ0n) is 28.4. The molecule has 1 amide bonds. The fraction of sp³-hybridized carbons (Fsp3) is 0.778. The SMILES string of the molecule is [C-]#[N+]C1=C(O)[C@@](C)(NC(=O)OC(C)(C)C)[C@@H]2CC[C@]3(C)C(=CC(=O)[C@@H]4[C@@H]5CC(C)(C)CC[C@]5(C(=O)OC)CC[C@]43C)[C@@]2(C)C1. The van der Waals surface area contributed by atoms with Crippen molar-refractivity contribution in [2.75, 3.05) is 7.11 Å². The second kappa shape index (κ2) is 9.84. The molecule has 0 saturated heterocycles. The Balaban J connectivity index is 1.64. The molecule has 44 heavy (non-hydrogen) atoms. The Hall–Kier alpha value is -2.82. The highest BCUT2D eigenvalue weighted by Crippen LogP contribution is 2.74. The lowest BCUT2D eigenvalue weighted by Crippen LogP contribution is -2.68. The summed E-state index contributed by atoms with van der Waals surface area (Å²) < 4.78 is 11.0. The van der Waals surface area contributed by atoms with Crippen molar-refractivity contribution in [3.63, 3.8) is 0 Å². The summed E-state index contributed by atoms with van der Waals surface area (Å²) >= 11 is 0. The Morgan fingerprint density at radius 3 is 2.27 bits per heavy atom. The van der Waals surface area contributed by atoms with Crippen LogP contribution in [0.4, 0.5) is 4.79 Å². The molecule has 5 aliphatic carbocycles. The molecule has 0 bridgehead atoms. The van der Waals surface area contributed by atoms with Gasteiger partial charge >= 0.3 is 12.1 Å². The number of carbonyl (C=O) groups excluding carboxylic acids is 3. The van der Waals surface area contributed by atoms with Crippen LogP contribution in [-0.4, -0.2) is 41.2 Å². The molecule has 0 spiro atoms. The molecule has 242 valence electrons. The highest BCUT2D eigenvalue weighted by atomic mass is 16.6. The first-order chi connectivity index (χ1) is 20.1. The molecule has 8 atom stereocenters. The first-order valence-corrected chi connectivity index (χ1v) is 16.3. The predicted molar refractivity (Wildman–Crippen MR) is 167 cm³/mol. The maximum absolute atomic E-state index is 14.6. The van der Waals surface area contributed by atoms with Crippen molar-refractivity contribution in [1.29, 1.82) is 0 Å². The summed E-state index contributed by atoms with van der Waals surface area (Å²) in [5, 5.41) is 14.5. The summed E-state index contributed by atoms with van der Waals surface area (Å²) in [7, 11) is 1.47. The van der Waals surface area contributed by atoms with Gasteiger partial charge < -0.3 is 19.9 Å². The average molecular weight is 609 g/mol. The van der Waals surface area contributed by atoms with Crippen LogP contribution in [0.1, 0.15) is 114 Å². The van der Waals surface area contributed by atoms with Gasteiger partial charge in [0.15, 0.2) is 5.78 Å². The third-order valence-electron chi connectivity index (χ3n) is 13.2.